The lowest BCUT2D eigenvalue weighted by atomic mass is 10.1. The van der Waals surface area contributed by atoms with Gasteiger partial charge in [0.15, 0.2) is 0 Å². The molecule has 0 saturated carbocycles. The highest BCUT2D eigenvalue weighted by Crippen LogP contribution is 2.28. The number of aromatic nitrogens is 2. The first kappa shape index (κ1) is 25.6. The Labute approximate surface area is 225 Å². The minimum absolute atomic E-state index is 0.726. The van der Waals surface area contributed by atoms with Crippen LogP contribution in [0.25, 0.3) is 27.7 Å². The molecule has 1 aromatic heterocycles. The first-order valence-corrected chi connectivity index (χ1v) is 13.4. The number of benzene rings is 4. The third kappa shape index (κ3) is 6.06. The van der Waals surface area contributed by atoms with E-state index >= 15 is 0 Å². The summed E-state index contributed by atoms with van der Waals surface area (Å²) in [4.78, 5) is 7.22. The topological polar surface area (TPSA) is 39.5 Å². The van der Waals surface area contributed by atoms with Gasteiger partial charge in [0.25, 0.3) is 0 Å². The van der Waals surface area contributed by atoms with Gasteiger partial charge in [-0.05, 0) is 97.9 Å². The maximum atomic E-state index is 6.11. The van der Waals surface area contributed by atoms with Crippen molar-refractivity contribution in [1.82, 2.24) is 14.5 Å². The molecular weight excluding hydrogens is 470 g/mol. The van der Waals surface area contributed by atoms with Gasteiger partial charge in [-0.3, -0.25) is 0 Å². The summed E-state index contributed by atoms with van der Waals surface area (Å²) in [5.41, 5.74) is 3.05. The van der Waals surface area contributed by atoms with Crippen LogP contribution >= 0.6 is 0 Å². The summed E-state index contributed by atoms with van der Waals surface area (Å²) in [6.45, 7) is 10.4. The molecule has 0 radical (unpaired) electrons. The molecule has 5 heteroatoms. The van der Waals surface area contributed by atoms with Gasteiger partial charge >= 0.3 is 0 Å². The summed E-state index contributed by atoms with van der Waals surface area (Å²) in [6.07, 6.45) is 3.10. The van der Waals surface area contributed by atoms with E-state index in [4.69, 9.17) is 14.5 Å². The highest BCUT2D eigenvalue weighted by atomic mass is 16.5. The Morgan fingerprint density at radius 1 is 0.763 bits per heavy atom. The van der Waals surface area contributed by atoms with Crippen molar-refractivity contribution in [3.63, 3.8) is 0 Å². The lowest BCUT2D eigenvalue weighted by Gasteiger charge is -2.17. The van der Waals surface area contributed by atoms with Gasteiger partial charge in [-0.25, -0.2) is 4.98 Å². The number of aryl methyl sites for hydroxylation is 1. The average Bonchev–Trinajstić information content (AvgIpc) is 3.35. The number of ether oxygens (including phenoxy) is 2. The first-order chi connectivity index (χ1) is 18.6. The number of fused-ring (bicyclic) bond motifs is 1. The van der Waals surface area contributed by atoms with Crippen molar-refractivity contribution in [3.05, 3.63) is 103 Å². The predicted molar refractivity (Wildman–Crippen MR) is 156 cm³/mol. The number of imidazole rings is 1. The molecule has 0 saturated heterocycles. The van der Waals surface area contributed by atoms with Crippen molar-refractivity contribution in [2.45, 2.75) is 27.2 Å². The van der Waals surface area contributed by atoms with Gasteiger partial charge in [-0.2, -0.15) is 0 Å². The fraction of sp³-hybridized carbons (Fsp3) is 0.242. The Morgan fingerprint density at radius 2 is 1.45 bits per heavy atom. The molecular formula is C33H35N3O2. The summed E-state index contributed by atoms with van der Waals surface area (Å²) in [6, 6.07) is 30.8. The van der Waals surface area contributed by atoms with Gasteiger partial charge in [0.2, 0.25) is 0 Å². The molecule has 4 aromatic carbocycles. The standard InChI is InChI=1S/C33H35N3O2/c1-4-35(5-2)21-8-22-37-30-16-12-27(13-17-30)33-24-36(25(3)34-33)29-14-19-31(20-15-29)38-32-18-11-26-9-6-7-10-28(26)23-32/h6-7,9-20,23-24H,4-5,8,21-22H2,1-3H3. The normalized spacial score (nSPS) is 11.3. The second-order valence-corrected chi connectivity index (χ2v) is 9.40. The van der Waals surface area contributed by atoms with E-state index in [-0.39, 0.29) is 0 Å². The summed E-state index contributed by atoms with van der Waals surface area (Å²) < 4.78 is 14.2. The minimum Gasteiger partial charge on any atom is -0.494 e. The summed E-state index contributed by atoms with van der Waals surface area (Å²) in [5, 5.41) is 2.37. The molecule has 1 heterocycles. The van der Waals surface area contributed by atoms with Crippen LogP contribution in [0.3, 0.4) is 0 Å². The van der Waals surface area contributed by atoms with E-state index in [0.29, 0.717) is 0 Å². The Balaban J connectivity index is 1.22. The maximum absolute atomic E-state index is 6.11. The Hall–Kier alpha value is -4.09. The molecule has 0 atom stereocenters. The van der Waals surface area contributed by atoms with Crippen LogP contribution in [0.4, 0.5) is 0 Å². The van der Waals surface area contributed by atoms with Crippen LogP contribution < -0.4 is 9.47 Å². The largest absolute Gasteiger partial charge is 0.494 e. The van der Waals surface area contributed by atoms with Gasteiger partial charge in [0, 0.05) is 24.0 Å². The van der Waals surface area contributed by atoms with E-state index in [1.165, 1.54) is 5.39 Å². The van der Waals surface area contributed by atoms with Crippen LogP contribution in [-0.4, -0.2) is 40.7 Å². The smallest absolute Gasteiger partial charge is 0.128 e. The van der Waals surface area contributed by atoms with Gasteiger partial charge in [0.05, 0.1) is 12.3 Å². The van der Waals surface area contributed by atoms with E-state index in [0.717, 1.165) is 78.1 Å². The van der Waals surface area contributed by atoms with E-state index in [9.17, 15) is 0 Å². The molecule has 0 aliphatic rings. The summed E-state index contributed by atoms with van der Waals surface area (Å²) in [7, 11) is 0. The number of hydrogen-bond acceptors (Lipinski definition) is 4. The highest BCUT2D eigenvalue weighted by Gasteiger charge is 2.09. The molecule has 5 rings (SSSR count). The van der Waals surface area contributed by atoms with Crippen molar-refractivity contribution in [3.8, 4) is 34.2 Å². The molecule has 38 heavy (non-hydrogen) atoms. The maximum Gasteiger partial charge on any atom is 0.128 e. The van der Waals surface area contributed by atoms with Crippen molar-refractivity contribution < 1.29 is 9.47 Å². The summed E-state index contributed by atoms with van der Waals surface area (Å²) >= 11 is 0. The quantitative estimate of drug-likeness (QED) is 0.171. The molecule has 0 amide bonds. The fourth-order valence-electron chi connectivity index (χ4n) is 4.65. The van der Waals surface area contributed by atoms with E-state index in [1.807, 2.05) is 49.4 Å². The van der Waals surface area contributed by atoms with Crippen LogP contribution in [0.15, 0.2) is 97.2 Å². The van der Waals surface area contributed by atoms with Crippen molar-refractivity contribution in [2.24, 2.45) is 0 Å². The van der Waals surface area contributed by atoms with Gasteiger partial charge in [-0.15, -0.1) is 0 Å². The van der Waals surface area contributed by atoms with Crippen LogP contribution in [-0.2, 0) is 0 Å². The van der Waals surface area contributed by atoms with Gasteiger partial charge < -0.3 is 18.9 Å². The van der Waals surface area contributed by atoms with E-state index in [2.05, 4.69) is 78.0 Å². The zero-order valence-corrected chi connectivity index (χ0v) is 22.4. The summed E-state index contributed by atoms with van der Waals surface area (Å²) in [5.74, 6) is 3.45. The zero-order chi connectivity index (χ0) is 26.3. The number of hydrogen-bond donors (Lipinski definition) is 0. The van der Waals surface area contributed by atoms with E-state index in [1.54, 1.807) is 0 Å². The lowest BCUT2D eigenvalue weighted by molar-refractivity contribution is 0.249. The number of nitrogens with zero attached hydrogens (tertiary/aromatic N) is 3. The molecule has 0 aliphatic carbocycles. The molecule has 0 bridgehead atoms. The molecule has 0 aliphatic heterocycles. The number of rotatable bonds is 11. The van der Waals surface area contributed by atoms with Crippen molar-refractivity contribution >= 4 is 10.8 Å². The third-order valence-electron chi connectivity index (χ3n) is 6.89. The van der Waals surface area contributed by atoms with Crippen molar-refractivity contribution in [2.75, 3.05) is 26.2 Å². The highest BCUT2D eigenvalue weighted by molar-refractivity contribution is 5.83. The molecule has 5 aromatic rings. The predicted octanol–water partition coefficient (Wildman–Crippen LogP) is 7.90. The fourth-order valence-corrected chi connectivity index (χ4v) is 4.65. The molecule has 0 fully saturated rings. The zero-order valence-electron chi connectivity index (χ0n) is 22.4. The van der Waals surface area contributed by atoms with Crippen LogP contribution in [0.2, 0.25) is 0 Å². The Morgan fingerprint density at radius 3 is 2.18 bits per heavy atom. The second kappa shape index (κ2) is 12.0. The van der Waals surface area contributed by atoms with Crippen LogP contribution in [0.1, 0.15) is 26.1 Å². The minimum atomic E-state index is 0.726. The van der Waals surface area contributed by atoms with Crippen LogP contribution in [0, 0.1) is 6.92 Å². The molecule has 0 unspecified atom stereocenters. The molecule has 5 nitrogen and oxygen atoms in total. The molecule has 0 spiro atoms. The van der Waals surface area contributed by atoms with Crippen molar-refractivity contribution in [1.29, 1.82) is 0 Å². The van der Waals surface area contributed by atoms with Crippen LogP contribution in [0.5, 0.6) is 17.2 Å². The average molecular weight is 506 g/mol. The Kier molecular flexibility index (Phi) is 8.05. The third-order valence-corrected chi connectivity index (χ3v) is 6.89. The SMILES string of the molecule is CCN(CC)CCCOc1ccc(-c2cn(-c3ccc(Oc4ccc5ccccc5c4)cc3)c(C)n2)cc1. The van der Waals surface area contributed by atoms with E-state index < -0.39 is 0 Å². The van der Waals surface area contributed by atoms with Gasteiger partial charge in [-0.1, -0.05) is 44.2 Å². The lowest BCUT2D eigenvalue weighted by Crippen LogP contribution is -2.25. The first-order valence-electron chi connectivity index (χ1n) is 13.4. The monoisotopic (exact) mass is 505 g/mol. The second-order valence-electron chi connectivity index (χ2n) is 9.40. The Bertz CT molecular complexity index is 1470. The molecule has 194 valence electrons. The molecule has 0 N–H and O–H groups in total. The van der Waals surface area contributed by atoms with Gasteiger partial charge in [0.1, 0.15) is 23.1 Å².